The van der Waals surface area contributed by atoms with Crippen LogP contribution in [0.1, 0.15) is 0 Å². The predicted octanol–water partition coefficient (Wildman–Crippen LogP) is -1.74. The third-order valence-electron chi connectivity index (χ3n) is 1.74. The van der Waals surface area contributed by atoms with E-state index in [1.165, 1.54) is 0 Å². The summed E-state index contributed by atoms with van der Waals surface area (Å²) in [5.74, 6) is 0. The van der Waals surface area contributed by atoms with Gasteiger partial charge in [-0.25, -0.2) is 0 Å². The zero-order valence-corrected chi connectivity index (χ0v) is 13.1. The zero-order valence-electron chi connectivity index (χ0n) is 7.98. The van der Waals surface area contributed by atoms with E-state index in [2.05, 4.69) is 0 Å². The molecule has 0 aliphatic rings. The molecule has 1 radical (unpaired) electrons. The van der Waals surface area contributed by atoms with Crippen LogP contribution in [0.2, 0.25) is 0 Å². The molecule has 0 aliphatic carbocycles. The number of nitrogens with zero attached hydrogens (tertiary/aromatic N) is 2. The average molecular weight is 411 g/mol. The molecule has 0 saturated heterocycles. The molecule has 4 nitrogen and oxygen atoms in total. The van der Waals surface area contributed by atoms with Crippen molar-refractivity contribution < 1.29 is 10.0 Å². The number of hydrogen-bond donors (Lipinski definition) is 2. The van der Waals surface area contributed by atoms with Gasteiger partial charge in [-0.3, -0.25) is 0 Å². The van der Waals surface area contributed by atoms with E-state index in [4.69, 9.17) is 10.5 Å². The molecule has 83 valence electrons. The van der Waals surface area contributed by atoms with E-state index < -0.39 is 41.7 Å². The molecule has 0 fully saturated rings. The minimum absolute atomic E-state index is 0.446. The summed E-state index contributed by atoms with van der Waals surface area (Å²) >= 11 is -0.926. The fraction of sp³-hybridized carbons (Fsp3) is 0. The third kappa shape index (κ3) is 3.37. The van der Waals surface area contributed by atoms with Gasteiger partial charge in [0, 0.05) is 0 Å². The van der Waals surface area contributed by atoms with Crippen LogP contribution in [0.5, 0.6) is 0 Å². The summed E-state index contributed by atoms with van der Waals surface area (Å²) in [4.78, 5) is 4.01. The van der Waals surface area contributed by atoms with Crippen LogP contribution >= 0.6 is 0 Å². The Morgan fingerprint density at radius 1 is 1.06 bits per heavy atom. The molecule has 1 aromatic rings. The number of nitriles is 2. The Balaban J connectivity index is 2.99. The Morgan fingerprint density at radius 2 is 1.56 bits per heavy atom. The Labute approximate surface area is 107 Å². The molecule has 0 saturated carbocycles. The Morgan fingerprint density at radius 3 is 2.00 bits per heavy atom. The van der Waals surface area contributed by atoms with Crippen LogP contribution in [-0.2, 0) is 0 Å². The van der Waals surface area contributed by atoms with Gasteiger partial charge in [-0.2, -0.15) is 0 Å². The molecule has 0 aliphatic heterocycles. The summed E-state index contributed by atoms with van der Waals surface area (Å²) in [6.07, 6.45) is 0. The molecule has 0 amide bonds. The fourth-order valence-corrected chi connectivity index (χ4v) is 15.5. The first-order valence-electron chi connectivity index (χ1n) is 4.14. The van der Waals surface area contributed by atoms with E-state index in [9.17, 15) is 10.0 Å². The topological polar surface area (TPSA) is 88.0 Å². The van der Waals surface area contributed by atoms with Gasteiger partial charge in [0.2, 0.25) is 0 Å². The van der Waals surface area contributed by atoms with E-state index in [1.54, 1.807) is 30.3 Å². The molecule has 16 heavy (non-hydrogen) atoms. The van der Waals surface area contributed by atoms with Gasteiger partial charge in [0.15, 0.2) is 0 Å². The van der Waals surface area contributed by atoms with E-state index in [0.29, 0.717) is 5.46 Å². The van der Waals surface area contributed by atoms with Crippen LogP contribution in [0.25, 0.3) is 0 Å². The molecule has 2 N–H and O–H groups in total. The zero-order chi connectivity index (χ0) is 12.0. The summed E-state index contributed by atoms with van der Waals surface area (Å²) in [6.45, 7) is 0. The molecular weight excluding hydrogens is 404 g/mol. The third-order valence-corrected chi connectivity index (χ3v) is 23.2. The molecule has 0 unspecified atom stereocenters. The summed E-state index contributed by atoms with van der Waals surface area (Å²) in [5.41, 5.74) is 0.446. The molecule has 8 heteroatoms. The van der Waals surface area contributed by atoms with Crippen LogP contribution in [0, 0.1) is 20.5 Å². The first-order chi connectivity index (χ1) is 7.62. The van der Waals surface area contributed by atoms with Crippen molar-refractivity contribution in [1.29, 1.82) is 10.5 Å². The van der Waals surface area contributed by atoms with Gasteiger partial charge in [-0.05, 0) is 0 Å². The fourth-order valence-electron chi connectivity index (χ4n) is 1.04. The maximum absolute atomic E-state index is 10.1. The number of benzene rings is 1. The van der Waals surface area contributed by atoms with Gasteiger partial charge in [-0.1, -0.05) is 0 Å². The second-order valence-electron chi connectivity index (χ2n) is 2.72. The monoisotopic (exact) mass is 414 g/mol. The van der Waals surface area contributed by atoms with Crippen LogP contribution in [-0.4, -0.2) is 51.8 Å². The van der Waals surface area contributed by atoms with Gasteiger partial charge in [-0.15, -0.1) is 0 Å². The quantitative estimate of drug-likeness (QED) is 0.577. The van der Waals surface area contributed by atoms with Crippen LogP contribution < -0.4 is 5.46 Å². The van der Waals surface area contributed by atoms with E-state index >= 15 is 0 Å². The van der Waals surface area contributed by atoms with Gasteiger partial charge in [0.1, 0.15) is 0 Å². The predicted molar refractivity (Wildman–Crippen MR) is 64.8 cm³/mol. The van der Waals surface area contributed by atoms with Crippen molar-refractivity contribution in [3.05, 3.63) is 30.3 Å². The SMILES string of the molecule is N#C[Se][Se]([Se]C#N)[B-](O)(O)c1ccccc1. The molecule has 0 bridgehead atoms. The van der Waals surface area contributed by atoms with Gasteiger partial charge < -0.3 is 0 Å². The van der Waals surface area contributed by atoms with Gasteiger partial charge in [0.05, 0.1) is 0 Å². The van der Waals surface area contributed by atoms with Crippen molar-refractivity contribution in [1.82, 2.24) is 0 Å². The molecule has 0 atom stereocenters. The second kappa shape index (κ2) is 6.47. The first kappa shape index (κ1) is 13.8. The van der Waals surface area contributed by atoms with E-state index in [1.807, 2.05) is 9.94 Å². The number of hydrogen-bond acceptors (Lipinski definition) is 4. The van der Waals surface area contributed by atoms with Crippen molar-refractivity contribution in [2.45, 2.75) is 0 Å². The molecule has 0 spiro atoms. The second-order valence-corrected chi connectivity index (χ2v) is 23.7. The van der Waals surface area contributed by atoms with E-state index in [0.717, 1.165) is 0 Å². The van der Waals surface area contributed by atoms with Crippen LogP contribution in [0.3, 0.4) is 0 Å². The maximum atomic E-state index is 10.1. The standard InChI is InChI=1S/C8H7BN2O2Se3/c10-6-14-16(15-7-11)9(12,13)8-4-2-1-3-5-8/h1-5,12-13H/q-1. The Kier molecular flexibility index (Phi) is 5.58. The van der Waals surface area contributed by atoms with Gasteiger partial charge >= 0.3 is 108 Å². The van der Waals surface area contributed by atoms with Crippen LogP contribution in [0.15, 0.2) is 30.3 Å². The molecule has 0 aromatic heterocycles. The van der Waals surface area contributed by atoms with Gasteiger partial charge in [0.25, 0.3) is 0 Å². The summed E-state index contributed by atoms with van der Waals surface area (Å²) in [5, 5.41) is 34.9. The van der Waals surface area contributed by atoms with E-state index in [-0.39, 0.29) is 0 Å². The van der Waals surface area contributed by atoms with Crippen molar-refractivity contribution >= 4 is 47.2 Å². The summed E-state index contributed by atoms with van der Waals surface area (Å²) in [7, 11) is -1.95. The first-order valence-corrected chi connectivity index (χ1v) is 15.5. The van der Waals surface area contributed by atoms with Crippen molar-refractivity contribution in [3.63, 3.8) is 0 Å². The van der Waals surface area contributed by atoms with Crippen molar-refractivity contribution in [2.75, 3.05) is 0 Å². The van der Waals surface area contributed by atoms with Crippen LogP contribution in [0.4, 0.5) is 0 Å². The molecular formula is C8H7BN2O2Se3-. The molecule has 1 rings (SSSR count). The Bertz CT molecular complexity index is 413. The van der Waals surface area contributed by atoms with Crippen molar-refractivity contribution in [2.24, 2.45) is 0 Å². The molecule has 1 aromatic carbocycles. The number of rotatable bonds is 4. The van der Waals surface area contributed by atoms with Crippen molar-refractivity contribution in [3.8, 4) is 9.94 Å². The summed E-state index contributed by atoms with van der Waals surface area (Å²) in [6, 6.07) is 8.50. The molecule has 0 heterocycles. The Hall–Kier alpha value is -0.257. The minimum atomic E-state index is -2.66. The summed E-state index contributed by atoms with van der Waals surface area (Å²) < 4.78 is 0. The average Bonchev–Trinajstić information content (AvgIpc) is 2.30. The normalized spacial score (nSPS) is 10.8.